The Morgan fingerprint density at radius 3 is 1.72 bits per heavy atom. The predicted molar refractivity (Wildman–Crippen MR) is 171 cm³/mol. The van der Waals surface area contributed by atoms with Crippen molar-refractivity contribution in [1.29, 1.82) is 0 Å². The van der Waals surface area contributed by atoms with E-state index < -0.39 is 18.4 Å². The number of rotatable bonds is 5. The Morgan fingerprint density at radius 2 is 1.17 bits per heavy atom. The third kappa shape index (κ3) is 4.28. The minimum absolute atomic E-state index is 0.0560. The van der Waals surface area contributed by atoms with Crippen LogP contribution in [0, 0.1) is 0 Å². The molecule has 0 spiro atoms. The first-order valence-corrected chi connectivity index (χ1v) is 24.9. The first-order valence-electron chi connectivity index (χ1n) is 12.2. The van der Waals surface area contributed by atoms with Gasteiger partial charge in [0, 0.05) is 0 Å². The molecule has 180 valence electrons. The standard InChI is InChI=1S/C28H19INS2.3CH3.Sn/c1-28(29)23-16-17-31-26(23)27-24(28)18-25(32-27)19-12-14-22(15-13-19)30(20-8-4-2-5-9-20)21-10-6-3-7-11-21;;;;/h2-16,18H,1H3;3*1H3;. The molecular formula is C31H28INS2Sn. The summed E-state index contributed by atoms with van der Waals surface area (Å²) in [4.78, 5) is 14.3. The molecule has 3 aromatic carbocycles. The van der Waals surface area contributed by atoms with Crippen LogP contribution in [-0.2, 0) is 3.42 Å². The van der Waals surface area contributed by atoms with Gasteiger partial charge in [0.25, 0.3) is 0 Å². The second kappa shape index (κ2) is 9.29. The fourth-order valence-corrected chi connectivity index (χ4v) is 14.0. The summed E-state index contributed by atoms with van der Waals surface area (Å²) in [5.74, 6) is 0. The van der Waals surface area contributed by atoms with Gasteiger partial charge in [0.2, 0.25) is 0 Å². The van der Waals surface area contributed by atoms with E-state index in [2.05, 4.69) is 158 Å². The van der Waals surface area contributed by atoms with Crippen molar-refractivity contribution in [1.82, 2.24) is 0 Å². The van der Waals surface area contributed by atoms with Gasteiger partial charge in [0.15, 0.2) is 0 Å². The van der Waals surface area contributed by atoms with Gasteiger partial charge in [-0.25, -0.2) is 0 Å². The van der Waals surface area contributed by atoms with E-state index >= 15 is 0 Å². The summed E-state index contributed by atoms with van der Waals surface area (Å²) in [7, 11) is 0. The Hall–Kier alpha value is -1.61. The molecule has 2 aromatic heterocycles. The van der Waals surface area contributed by atoms with Crippen LogP contribution in [0.5, 0.6) is 0 Å². The molecule has 1 aliphatic carbocycles. The number of halogens is 1. The van der Waals surface area contributed by atoms with Crippen molar-refractivity contribution in [2.45, 2.75) is 25.2 Å². The molecule has 5 aromatic rings. The molecule has 1 unspecified atom stereocenters. The van der Waals surface area contributed by atoms with Crippen LogP contribution in [0.15, 0.2) is 97.1 Å². The second-order valence-electron chi connectivity index (χ2n) is 10.5. The van der Waals surface area contributed by atoms with E-state index in [9.17, 15) is 0 Å². The Kier molecular flexibility index (Phi) is 6.38. The number of hydrogen-bond donors (Lipinski definition) is 0. The molecule has 1 nitrogen and oxygen atoms in total. The summed E-state index contributed by atoms with van der Waals surface area (Å²) < 4.78 is 1.74. The van der Waals surface area contributed by atoms with Crippen molar-refractivity contribution in [3.05, 3.63) is 108 Å². The van der Waals surface area contributed by atoms with Gasteiger partial charge in [0.05, 0.1) is 0 Å². The van der Waals surface area contributed by atoms with Crippen LogP contribution >= 0.6 is 45.3 Å². The van der Waals surface area contributed by atoms with Crippen molar-refractivity contribution >= 4 is 83.6 Å². The normalized spacial score (nSPS) is 16.6. The molecule has 1 aliphatic rings. The summed E-state index contributed by atoms with van der Waals surface area (Å²) in [6.45, 7) is 2.39. The monoisotopic (exact) mass is 725 g/mol. The van der Waals surface area contributed by atoms with E-state index in [1.807, 2.05) is 11.3 Å². The molecular weight excluding hydrogens is 696 g/mol. The average molecular weight is 724 g/mol. The fraction of sp³-hybridized carbons (Fsp3) is 0.161. The van der Waals surface area contributed by atoms with Gasteiger partial charge in [-0.1, -0.05) is 36.4 Å². The number of anilines is 3. The van der Waals surface area contributed by atoms with Crippen LogP contribution in [0.4, 0.5) is 17.1 Å². The molecule has 0 bridgehead atoms. The minimum atomic E-state index is -2.10. The van der Waals surface area contributed by atoms with E-state index in [1.165, 1.54) is 31.4 Å². The number of thiophene rings is 2. The third-order valence-electron chi connectivity index (χ3n) is 6.86. The number of fused-ring (bicyclic) bond motifs is 3. The first kappa shape index (κ1) is 24.7. The molecule has 0 saturated heterocycles. The van der Waals surface area contributed by atoms with Gasteiger partial charge < -0.3 is 0 Å². The SMILES string of the molecule is CC1(I)c2cc(-c3ccc(N(c4ccccc4)c4ccccc4)cc3)sc2-c2s[c]([Sn]([CH3])([CH3])[CH3])cc21. The second-order valence-corrected chi connectivity index (χ2v) is 30.2. The van der Waals surface area contributed by atoms with Gasteiger partial charge in [-0.15, -0.1) is 0 Å². The molecule has 5 heteroatoms. The number of benzene rings is 3. The summed E-state index contributed by atoms with van der Waals surface area (Å²) >= 11 is 4.63. The number of alkyl halides is 1. The van der Waals surface area contributed by atoms with Crippen LogP contribution in [-0.4, -0.2) is 18.4 Å². The molecule has 1 atom stereocenters. The van der Waals surface area contributed by atoms with E-state index in [-0.39, 0.29) is 3.42 Å². The van der Waals surface area contributed by atoms with Crippen LogP contribution < -0.4 is 7.79 Å². The van der Waals surface area contributed by atoms with Crippen molar-refractivity contribution < 1.29 is 0 Å². The zero-order valence-corrected chi connectivity index (χ0v) is 27.5. The molecule has 36 heavy (non-hydrogen) atoms. The van der Waals surface area contributed by atoms with Crippen LogP contribution in [0.25, 0.3) is 20.2 Å². The zero-order valence-electron chi connectivity index (χ0n) is 20.9. The molecule has 0 saturated carbocycles. The van der Waals surface area contributed by atoms with Gasteiger partial charge in [-0.2, -0.15) is 0 Å². The third-order valence-corrected chi connectivity index (χ3v) is 19.9. The van der Waals surface area contributed by atoms with Gasteiger partial charge in [-0.05, 0) is 24.3 Å². The number of hydrogen-bond acceptors (Lipinski definition) is 3. The van der Waals surface area contributed by atoms with Crippen molar-refractivity contribution in [3.63, 3.8) is 0 Å². The molecule has 6 rings (SSSR count). The van der Waals surface area contributed by atoms with Crippen LogP contribution in [0.3, 0.4) is 0 Å². The van der Waals surface area contributed by atoms with Gasteiger partial charge in [-0.3, -0.25) is 0 Å². The number of nitrogens with zero attached hydrogens (tertiary/aromatic N) is 1. The predicted octanol–water partition coefficient (Wildman–Crippen LogP) is 10.2. The molecule has 0 N–H and O–H groups in total. The summed E-state index contributed by atoms with van der Waals surface area (Å²) in [6.07, 6.45) is 0. The maximum atomic E-state index is 2.68. The summed E-state index contributed by atoms with van der Waals surface area (Å²) in [5.41, 5.74) is 7.81. The van der Waals surface area contributed by atoms with Gasteiger partial charge in [0.1, 0.15) is 0 Å². The van der Waals surface area contributed by atoms with E-state index in [0.29, 0.717) is 0 Å². The van der Waals surface area contributed by atoms with Crippen LogP contribution in [0.1, 0.15) is 18.1 Å². The molecule has 0 aliphatic heterocycles. The summed E-state index contributed by atoms with van der Waals surface area (Å²) in [5, 5.41) is 0. The average Bonchev–Trinajstić information content (AvgIpc) is 3.55. The van der Waals surface area contributed by atoms with Crippen molar-refractivity contribution in [2.24, 2.45) is 0 Å². The zero-order chi connectivity index (χ0) is 25.1. The van der Waals surface area contributed by atoms with Crippen molar-refractivity contribution in [2.75, 3.05) is 4.90 Å². The quantitative estimate of drug-likeness (QED) is 0.0992. The topological polar surface area (TPSA) is 3.24 Å². The first-order chi connectivity index (χ1) is 17.2. The molecule has 0 fully saturated rings. The van der Waals surface area contributed by atoms with E-state index in [1.54, 1.807) is 8.46 Å². The van der Waals surface area contributed by atoms with E-state index in [0.717, 1.165) is 11.4 Å². The Balaban J connectivity index is 1.38. The number of para-hydroxylation sites is 2. The molecule has 0 amide bonds. The summed E-state index contributed by atoms with van der Waals surface area (Å²) in [6, 6.07) is 35.3. The Bertz CT molecular complexity index is 1490. The van der Waals surface area contributed by atoms with Crippen LogP contribution in [0.2, 0.25) is 14.8 Å². The Labute approximate surface area is 239 Å². The molecule has 2 heterocycles. The van der Waals surface area contributed by atoms with Gasteiger partial charge >= 0.3 is 181 Å². The molecule has 0 radical (unpaired) electrons. The maximum absolute atomic E-state index is 2.68. The fourth-order valence-electron chi connectivity index (χ4n) is 4.85. The van der Waals surface area contributed by atoms with E-state index in [4.69, 9.17) is 0 Å². The Morgan fingerprint density at radius 1 is 0.667 bits per heavy atom. The van der Waals surface area contributed by atoms with Crippen molar-refractivity contribution in [3.8, 4) is 20.2 Å².